The van der Waals surface area contributed by atoms with Crippen molar-refractivity contribution in [3.05, 3.63) is 17.0 Å². The highest BCUT2D eigenvalue weighted by molar-refractivity contribution is 7.91. The summed E-state index contributed by atoms with van der Waals surface area (Å²) < 4.78 is 26.8. The van der Waals surface area contributed by atoms with Crippen LogP contribution in [0.15, 0.2) is 16.3 Å². The molecule has 0 aliphatic carbocycles. The summed E-state index contributed by atoms with van der Waals surface area (Å²) in [5, 5.41) is 8.91. The summed E-state index contributed by atoms with van der Waals surface area (Å²) in [4.78, 5) is 0.655. The molecule has 0 fully saturated rings. The zero-order valence-electron chi connectivity index (χ0n) is 10.3. The van der Waals surface area contributed by atoms with E-state index in [1.54, 1.807) is 6.07 Å². The number of thiophene rings is 1. The van der Waals surface area contributed by atoms with Crippen LogP contribution in [0.2, 0.25) is 0 Å². The molecule has 98 valence electrons. The van der Waals surface area contributed by atoms with Crippen molar-refractivity contribution in [1.29, 1.82) is 0 Å². The molecule has 0 bridgehead atoms. The summed E-state index contributed by atoms with van der Waals surface area (Å²) in [7, 11) is -3.44. The molecule has 1 atom stereocenters. The van der Waals surface area contributed by atoms with Gasteiger partial charge < -0.3 is 5.11 Å². The Balaban J connectivity index is 2.74. The lowest BCUT2D eigenvalue weighted by Crippen LogP contribution is -2.33. The van der Waals surface area contributed by atoms with E-state index < -0.39 is 10.0 Å². The third kappa shape index (κ3) is 4.39. The maximum atomic E-state index is 12.0. The third-order valence-corrected chi connectivity index (χ3v) is 5.39. The standard InChI is InChI=1S/C11H19NO3S2/c1-8(2)6-9(3)12-17(14,15)11-5-4-10(7-13)16-11/h4-5,8-9,12-13H,6-7H2,1-3H3. The lowest BCUT2D eigenvalue weighted by molar-refractivity contribution is 0.285. The van der Waals surface area contributed by atoms with Crippen LogP contribution in [-0.4, -0.2) is 19.6 Å². The average molecular weight is 277 g/mol. The molecule has 6 heteroatoms. The van der Waals surface area contributed by atoms with Gasteiger partial charge in [-0.1, -0.05) is 13.8 Å². The van der Waals surface area contributed by atoms with Crippen molar-refractivity contribution >= 4 is 21.4 Å². The van der Waals surface area contributed by atoms with Crippen molar-refractivity contribution in [2.45, 2.75) is 44.0 Å². The van der Waals surface area contributed by atoms with E-state index in [4.69, 9.17) is 5.11 Å². The number of hydrogen-bond acceptors (Lipinski definition) is 4. The van der Waals surface area contributed by atoms with Gasteiger partial charge in [0.2, 0.25) is 10.0 Å². The second-order valence-electron chi connectivity index (χ2n) is 4.53. The van der Waals surface area contributed by atoms with Crippen molar-refractivity contribution in [2.75, 3.05) is 0 Å². The van der Waals surface area contributed by atoms with Gasteiger partial charge in [-0.25, -0.2) is 13.1 Å². The normalized spacial score (nSPS) is 14.2. The highest BCUT2D eigenvalue weighted by Gasteiger charge is 2.19. The van der Waals surface area contributed by atoms with E-state index >= 15 is 0 Å². The molecule has 0 saturated carbocycles. The molecule has 4 nitrogen and oxygen atoms in total. The van der Waals surface area contributed by atoms with Crippen LogP contribution in [0.1, 0.15) is 32.1 Å². The molecule has 1 aromatic rings. The Morgan fingerprint density at radius 2 is 2.00 bits per heavy atom. The number of aliphatic hydroxyl groups is 1. The lowest BCUT2D eigenvalue weighted by atomic mass is 10.1. The minimum absolute atomic E-state index is 0.0836. The van der Waals surface area contributed by atoms with Gasteiger partial charge in [-0.3, -0.25) is 0 Å². The van der Waals surface area contributed by atoms with Crippen molar-refractivity contribution in [2.24, 2.45) is 5.92 Å². The Morgan fingerprint density at radius 1 is 1.35 bits per heavy atom. The van der Waals surface area contributed by atoms with Crippen LogP contribution >= 0.6 is 11.3 Å². The Bertz CT molecular complexity index is 451. The highest BCUT2D eigenvalue weighted by atomic mass is 32.2. The van der Waals surface area contributed by atoms with Gasteiger partial charge in [0.1, 0.15) is 4.21 Å². The average Bonchev–Trinajstić information content (AvgIpc) is 2.63. The van der Waals surface area contributed by atoms with E-state index in [0.29, 0.717) is 10.8 Å². The molecule has 0 radical (unpaired) electrons. The molecule has 0 aliphatic heterocycles. The lowest BCUT2D eigenvalue weighted by Gasteiger charge is -2.15. The minimum Gasteiger partial charge on any atom is -0.391 e. The smallest absolute Gasteiger partial charge is 0.250 e. The van der Waals surface area contributed by atoms with Crippen molar-refractivity contribution in [3.8, 4) is 0 Å². The fourth-order valence-electron chi connectivity index (χ4n) is 1.67. The summed E-state index contributed by atoms with van der Waals surface area (Å²) >= 11 is 1.10. The molecule has 0 amide bonds. The Labute approximate surface area is 107 Å². The Kier molecular flexibility index (Phi) is 5.12. The monoisotopic (exact) mass is 277 g/mol. The molecule has 1 rings (SSSR count). The molecule has 0 spiro atoms. The first-order chi connectivity index (χ1) is 7.85. The van der Waals surface area contributed by atoms with Crippen LogP contribution in [-0.2, 0) is 16.6 Å². The van der Waals surface area contributed by atoms with E-state index in [-0.39, 0.29) is 16.9 Å². The van der Waals surface area contributed by atoms with Crippen molar-refractivity contribution in [3.63, 3.8) is 0 Å². The first-order valence-electron chi connectivity index (χ1n) is 5.57. The van der Waals surface area contributed by atoms with E-state index in [9.17, 15) is 8.42 Å². The van der Waals surface area contributed by atoms with Crippen LogP contribution < -0.4 is 4.72 Å². The number of nitrogens with one attached hydrogen (secondary N) is 1. The van der Waals surface area contributed by atoms with Crippen LogP contribution in [0.4, 0.5) is 0 Å². The van der Waals surface area contributed by atoms with E-state index in [2.05, 4.69) is 18.6 Å². The predicted octanol–water partition coefficient (Wildman–Crippen LogP) is 1.95. The molecule has 1 unspecified atom stereocenters. The van der Waals surface area contributed by atoms with Crippen molar-refractivity contribution in [1.82, 2.24) is 4.72 Å². The summed E-state index contributed by atoms with van der Waals surface area (Å²) in [6.07, 6.45) is 0.803. The molecular weight excluding hydrogens is 258 g/mol. The zero-order valence-corrected chi connectivity index (χ0v) is 11.9. The second-order valence-corrected chi connectivity index (χ2v) is 7.64. The van der Waals surface area contributed by atoms with Gasteiger partial charge in [0.25, 0.3) is 0 Å². The van der Waals surface area contributed by atoms with Crippen LogP contribution in [0.5, 0.6) is 0 Å². The number of hydrogen-bond donors (Lipinski definition) is 2. The van der Waals surface area contributed by atoms with E-state index in [0.717, 1.165) is 17.8 Å². The second kappa shape index (κ2) is 5.95. The van der Waals surface area contributed by atoms with Crippen molar-refractivity contribution < 1.29 is 13.5 Å². The van der Waals surface area contributed by atoms with Gasteiger partial charge in [-0.2, -0.15) is 0 Å². The van der Waals surface area contributed by atoms with E-state index in [1.807, 2.05) is 6.92 Å². The number of aliphatic hydroxyl groups excluding tert-OH is 1. The van der Waals surface area contributed by atoms with Crippen LogP contribution in [0, 0.1) is 5.92 Å². The SMILES string of the molecule is CC(C)CC(C)NS(=O)(=O)c1ccc(CO)s1. The molecule has 0 aliphatic rings. The molecule has 2 N–H and O–H groups in total. The third-order valence-electron chi connectivity index (χ3n) is 2.24. The molecule has 0 aromatic carbocycles. The first kappa shape index (κ1) is 14.6. The molecule has 1 aromatic heterocycles. The van der Waals surface area contributed by atoms with Gasteiger partial charge in [0, 0.05) is 10.9 Å². The molecule has 17 heavy (non-hydrogen) atoms. The van der Waals surface area contributed by atoms with Gasteiger partial charge in [-0.05, 0) is 31.4 Å². The number of rotatable bonds is 6. The zero-order chi connectivity index (χ0) is 13.1. The molecule has 0 saturated heterocycles. The molecular formula is C11H19NO3S2. The minimum atomic E-state index is -3.44. The number of sulfonamides is 1. The van der Waals surface area contributed by atoms with Gasteiger partial charge in [0.05, 0.1) is 6.61 Å². The Hall–Kier alpha value is -0.430. The first-order valence-corrected chi connectivity index (χ1v) is 7.87. The quantitative estimate of drug-likeness (QED) is 0.835. The maximum Gasteiger partial charge on any atom is 0.250 e. The van der Waals surface area contributed by atoms with E-state index in [1.165, 1.54) is 6.07 Å². The maximum absolute atomic E-state index is 12.0. The summed E-state index contributed by atoms with van der Waals surface area (Å²) in [5.74, 6) is 0.448. The van der Waals surface area contributed by atoms with Gasteiger partial charge >= 0.3 is 0 Å². The fourth-order valence-corrected chi connectivity index (χ4v) is 4.15. The van der Waals surface area contributed by atoms with Crippen LogP contribution in [0.25, 0.3) is 0 Å². The predicted molar refractivity (Wildman–Crippen MR) is 69.5 cm³/mol. The largest absolute Gasteiger partial charge is 0.391 e. The van der Waals surface area contributed by atoms with Gasteiger partial charge in [-0.15, -0.1) is 11.3 Å². The highest BCUT2D eigenvalue weighted by Crippen LogP contribution is 2.22. The summed E-state index contributed by atoms with van der Waals surface area (Å²) in [6.45, 7) is 5.85. The van der Waals surface area contributed by atoms with Crippen LogP contribution in [0.3, 0.4) is 0 Å². The Morgan fingerprint density at radius 3 is 2.47 bits per heavy atom. The summed E-state index contributed by atoms with van der Waals surface area (Å²) in [6, 6.07) is 3.08. The summed E-state index contributed by atoms with van der Waals surface area (Å²) in [5.41, 5.74) is 0. The topological polar surface area (TPSA) is 66.4 Å². The fraction of sp³-hybridized carbons (Fsp3) is 0.636. The molecule has 1 heterocycles. The van der Waals surface area contributed by atoms with Gasteiger partial charge in [0.15, 0.2) is 0 Å².